The fourth-order valence-electron chi connectivity index (χ4n) is 0.660. The molecule has 0 saturated carbocycles. The van der Waals surface area contributed by atoms with E-state index in [1.165, 1.54) is 21.1 Å². The van der Waals surface area contributed by atoms with E-state index in [-0.39, 0.29) is 17.9 Å². The molecule has 0 heterocycles. The van der Waals surface area contributed by atoms with Crippen LogP contribution >= 0.6 is 0 Å². The zero-order valence-electron chi connectivity index (χ0n) is 8.49. The zero-order valence-corrected chi connectivity index (χ0v) is 8.49. The van der Waals surface area contributed by atoms with E-state index in [1.54, 1.807) is 6.07 Å². The van der Waals surface area contributed by atoms with E-state index in [0.717, 1.165) is 0 Å². The van der Waals surface area contributed by atoms with Crippen molar-refractivity contribution in [1.29, 1.82) is 5.26 Å². The molecule has 0 aliphatic carbocycles. The van der Waals surface area contributed by atoms with Gasteiger partial charge in [0, 0.05) is 7.11 Å². The Hall–Kier alpha value is -1.54. The normalized spacial score (nSPS) is 11.3. The first-order valence-corrected chi connectivity index (χ1v) is 3.98. The molecule has 0 aromatic rings. The van der Waals surface area contributed by atoms with Crippen LogP contribution in [0.2, 0.25) is 0 Å². The summed E-state index contributed by atoms with van der Waals surface area (Å²) in [6.07, 6.45) is 0. The third kappa shape index (κ3) is 3.92. The van der Waals surface area contributed by atoms with E-state index < -0.39 is 5.97 Å². The Kier molecular flexibility index (Phi) is 6.16. The zero-order chi connectivity index (χ0) is 11.0. The van der Waals surface area contributed by atoms with Gasteiger partial charge in [-0.3, -0.25) is 0 Å². The Morgan fingerprint density at radius 3 is 2.43 bits per heavy atom. The summed E-state index contributed by atoms with van der Waals surface area (Å²) in [7, 11) is 2.88. The lowest BCUT2D eigenvalue weighted by Gasteiger charge is -2.04. The maximum absolute atomic E-state index is 11.2. The van der Waals surface area contributed by atoms with E-state index in [9.17, 15) is 4.79 Å². The lowest BCUT2D eigenvalue weighted by Crippen LogP contribution is -2.12. The number of esters is 1. The topological polar surface area (TPSA) is 68.5 Å². The van der Waals surface area contributed by atoms with Gasteiger partial charge in [-0.25, -0.2) is 4.79 Å². The number of methoxy groups -OCH3 is 2. The molecule has 0 spiro atoms. The van der Waals surface area contributed by atoms with Crippen LogP contribution in [0.5, 0.6) is 0 Å². The number of carbonyl (C=O) groups excluding carboxylic acids is 1. The fourth-order valence-corrected chi connectivity index (χ4v) is 0.660. The van der Waals surface area contributed by atoms with Crippen LogP contribution < -0.4 is 0 Å². The van der Waals surface area contributed by atoms with Crippen molar-refractivity contribution in [2.24, 2.45) is 0 Å². The smallest absolute Gasteiger partial charge is 0.352 e. The molecule has 78 valence electrons. The first-order valence-electron chi connectivity index (χ1n) is 3.98. The molecule has 0 saturated heterocycles. The quantitative estimate of drug-likeness (QED) is 0.213. The highest BCUT2D eigenvalue weighted by atomic mass is 16.6. The van der Waals surface area contributed by atoms with E-state index in [0.29, 0.717) is 6.61 Å². The van der Waals surface area contributed by atoms with Gasteiger partial charge in [-0.2, -0.15) is 5.26 Å². The van der Waals surface area contributed by atoms with Gasteiger partial charge in [0.15, 0.2) is 5.57 Å². The van der Waals surface area contributed by atoms with Crippen molar-refractivity contribution in [3.8, 4) is 6.07 Å². The van der Waals surface area contributed by atoms with Crippen molar-refractivity contribution < 1.29 is 19.0 Å². The minimum Gasteiger partial charge on any atom is -0.500 e. The van der Waals surface area contributed by atoms with Crippen LogP contribution in [0.3, 0.4) is 0 Å². The summed E-state index contributed by atoms with van der Waals surface area (Å²) in [5, 5.41) is 8.63. The molecule has 0 radical (unpaired) electrons. The van der Waals surface area contributed by atoms with E-state index in [4.69, 9.17) is 14.7 Å². The van der Waals surface area contributed by atoms with Crippen LogP contribution in [0.1, 0.15) is 6.92 Å². The Morgan fingerprint density at radius 1 is 1.36 bits per heavy atom. The third-order valence-corrected chi connectivity index (χ3v) is 1.49. The monoisotopic (exact) mass is 199 g/mol. The number of hydrogen-bond donors (Lipinski definition) is 0. The Bertz CT molecular complexity index is 264. The van der Waals surface area contributed by atoms with Gasteiger partial charge in [0.25, 0.3) is 0 Å². The molecule has 14 heavy (non-hydrogen) atoms. The predicted octanol–water partition coefficient (Wildman–Crippen LogP) is 0.620. The van der Waals surface area contributed by atoms with Gasteiger partial charge in [0.2, 0.25) is 0 Å². The number of rotatable bonds is 5. The molecule has 0 unspecified atom stereocenters. The summed E-state index contributed by atoms with van der Waals surface area (Å²) in [5.41, 5.74) is -0.122. The average molecular weight is 199 g/mol. The molecule has 0 aromatic carbocycles. The summed E-state index contributed by atoms with van der Waals surface area (Å²) in [5.74, 6) is -0.446. The van der Waals surface area contributed by atoms with Gasteiger partial charge in [-0.1, -0.05) is 0 Å². The molecule has 0 rings (SSSR count). The molecule has 5 heteroatoms. The highest BCUT2D eigenvalue weighted by Crippen LogP contribution is 2.05. The highest BCUT2D eigenvalue weighted by molar-refractivity contribution is 5.93. The van der Waals surface area contributed by atoms with Crippen LogP contribution in [0.15, 0.2) is 11.3 Å². The molecule has 5 nitrogen and oxygen atoms in total. The molecule has 0 bridgehead atoms. The Morgan fingerprint density at radius 2 is 2.00 bits per heavy atom. The number of allylic oxidation sites excluding steroid dienone is 1. The van der Waals surface area contributed by atoms with E-state index in [2.05, 4.69) is 4.74 Å². The first-order chi connectivity index (χ1) is 6.67. The second-order valence-corrected chi connectivity index (χ2v) is 2.38. The van der Waals surface area contributed by atoms with E-state index >= 15 is 0 Å². The minimum atomic E-state index is -0.691. The summed E-state index contributed by atoms with van der Waals surface area (Å²) in [6.45, 7) is 1.95. The third-order valence-electron chi connectivity index (χ3n) is 1.49. The van der Waals surface area contributed by atoms with Gasteiger partial charge in [0.05, 0.1) is 13.7 Å². The molecular formula is C9H13NO4. The lowest BCUT2D eigenvalue weighted by molar-refractivity contribution is -0.140. The fraction of sp³-hybridized carbons (Fsp3) is 0.556. The molecule has 0 atom stereocenters. The van der Waals surface area contributed by atoms with Gasteiger partial charge in [0.1, 0.15) is 18.4 Å². The lowest BCUT2D eigenvalue weighted by atomic mass is 10.2. The largest absolute Gasteiger partial charge is 0.500 e. The van der Waals surface area contributed by atoms with Crippen LogP contribution in [0.4, 0.5) is 0 Å². The molecule has 0 aliphatic heterocycles. The predicted molar refractivity (Wildman–Crippen MR) is 48.2 cm³/mol. The SMILES string of the molecule is COCCOC(=O)/C(C#N)=C(\C)OC. The number of hydrogen-bond acceptors (Lipinski definition) is 5. The maximum Gasteiger partial charge on any atom is 0.352 e. The van der Waals surface area contributed by atoms with Crippen molar-refractivity contribution >= 4 is 5.97 Å². The van der Waals surface area contributed by atoms with Crippen molar-refractivity contribution in [3.63, 3.8) is 0 Å². The molecule has 0 fully saturated rings. The summed E-state index contributed by atoms with van der Waals surface area (Å²) >= 11 is 0. The van der Waals surface area contributed by atoms with Gasteiger partial charge in [-0.05, 0) is 6.92 Å². The van der Waals surface area contributed by atoms with Crippen molar-refractivity contribution in [2.45, 2.75) is 6.92 Å². The van der Waals surface area contributed by atoms with Gasteiger partial charge >= 0.3 is 5.97 Å². The minimum absolute atomic E-state index is 0.122. The summed E-state index contributed by atoms with van der Waals surface area (Å²) in [4.78, 5) is 11.2. The maximum atomic E-state index is 11.2. The second-order valence-electron chi connectivity index (χ2n) is 2.38. The van der Waals surface area contributed by atoms with Gasteiger partial charge < -0.3 is 14.2 Å². The Labute approximate surface area is 82.9 Å². The highest BCUT2D eigenvalue weighted by Gasteiger charge is 2.14. The van der Waals surface area contributed by atoms with E-state index in [1.807, 2.05) is 0 Å². The van der Waals surface area contributed by atoms with Crippen LogP contribution in [0, 0.1) is 11.3 Å². The summed E-state index contributed by atoms with van der Waals surface area (Å²) in [6, 6.07) is 1.72. The molecular weight excluding hydrogens is 186 g/mol. The summed E-state index contributed by atoms with van der Waals surface area (Å²) < 4.78 is 14.2. The molecule has 0 aliphatic rings. The molecule has 0 amide bonds. The van der Waals surface area contributed by atoms with Crippen molar-refractivity contribution in [3.05, 3.63) is 11.3 Å². The molecule has 0 N–H and O–H groups in total. The second kappa shape index (κ2) is 6.92. The van der Waals surface area contributed by atoms with Gasteiger partial charge in [-0.15, -0.1) is 0 Å². The number of carbonyl (C=O) groups is 1. The van der Waals surface area contributed by atoms with Crippen molar-refractivity contribution in [1.82, 2.24) is 0 Å². The molecule has 0 aromatic heterocycles. The van der Waals surface area contributed by atoms with Crippen LogP contribution in [0.25, 0.3) is 0 Å². The average Bonchev–Trinajstić information content (AvgIpc) is 2.19. The number of nitriles is 1. The first kappa shape index (κ1) is 12.5. The van der Waals surface area contributed by atoms with Crippen LogP contribution in [-0.2, 0) is 19.0 Å². The number of nitrogens with zero attached hydrogens (tertiary/aromatic N) is 1. The number of ether oxygens (including phenoxy) is 3. The van der Waals surface area contributed by atoms with Crippen molar-refractivity contribution in [2.75, 3.05) is 27.4 Å². The van der Waals surface area contributed by atoms with Crippen LogP contribution in [-0.4, -0.2) is 33.4 Å². The Balaban J connectivity index is 4.29. The standard InChI is InChI=1S/C9H13NO4/c1-7(13-3)8(6-10)9(11)14-5-4-12-2/h4-5H2,1-3H3/b8-7+.